The lowest BCUT2D eigenvalue weighted by Gasteiger charge is -2.18. The van der Waals surface area contributed by atoms with E-state index < -0.39 is 0 Å². The minimum atomic E-state index is 0.262. The van der Waals surface area contributed by atoms with E-state index >= 15 is 0 Å². The molecule has 0 amide bonds. The number of nitrogen functional groups attached to an aromatic ring is 1. The normalized spacial score (nSPS) is 10.6. The zero-order valence-electron chi connectivity index (χ0n) is 12.0. The van der Waals surface area contributed by atoms with Crippen LogP contribution in [0.1, 0.15) is 19.4 Å². The summed E-state index contributed by atoms with van der Waals surface area (Å²) < 4.78 is 0. The molecule has 20 heavy (non-hydrogen) atoms. The van der Waals surface area contributed by atoms with E-state index in [1.807, 2.05) is 12.1 Å². The van der Waals surface area contributed by atoms with Gasteiger partial charge in [-0.1, -0.05) is 18.2 Å². The number of aryl methyl sites for hydroxylation is 1. The Kier molecular flexibility index (Phi) is 4.79. The maximum atomic E-state index is 5.80. The lowest BCUT2D eigenvalue weighted by atomic mass is 10.2. The molecule has 2 N–H and O–H groups in total. The van der Waals surface area contributed by atoms with Crippen molar-refractivity contribution in [3.8, 4) is 0 Å². The number of anilines is 2. The van der Waals surface area contributed by atoms with Crippen LogP contribution >= 0.6 is 11.8 Å². The van der Waals surface area contributed by atoms with Gasteiger partial charge >= 0.3 is 0 Å². The molecule has 106 valence electrons. The molecule has 6 heteroatoms. The molecular formula is C14H19N5S. The molecule has 1 heterocycles. The summed E-state index contributed by atoms with van der Waals surface area (Å²) in [4.78, 5) is 16.1. The van der Waals surface area contributed by atoms with Crippen molar-refractivity contribution in [2.24, 2.45) is 0 Å². The molecule has 0 atom stereocenters. The quantitative estimate of drug-likeness (QED) is 0.913. The van der Waals surface area contributed by atoms with Gasteiger partial charge in [-0.15, -0.1) is 0 Å². The third-order valence-electron chi connectivity index (χ3n) is 2.96. The average molecular weight is 289 g/mol. The second-order valence-electron chi connectivity index (χ2n) is 4.32. The first-order valence-electron chi connectivity index (χ1n) is 6.64. The van der Waals surface area contributed by atoms with Crippen molar-refractivity contribution in [2.45, 2.75) is 30.8 Å². The minimum absolute atomic E-state index is 0.262. The molecule has 2 aromatic rings. The van der Waals surface area contributed by atoms with Crippen LogP contribution in [-0.4, -0.2) is 28.0 Å². The molecule has 0 radical (unpaired) electrons. The SMILES string of the molecule is CCN(CC)c1nc(N)nc(Sc2ccccc2C)n1. The Balaban J connectivity index is 2.31. The average Bonchev–Trinajstić information content (AvgIpc) is 2.42. The summed E-state index contributed by atoms with van der Waals surface area (Å²) in [5, 5.41) is 0.633. The van der Waals surface area contributed by atoms with Gasteiger partial charge in [0.15, 0.2) is 5.16 Å². The highest BCUT2D eigenvalue weighted by atomic mass is 32.2. The number of hydrogen-bond acceptors (Lipinski definition) is 6. The lowest BCUT2D eigenvalue weighted by Crippen LogP contribution is -2.25. The van der Waals surface area contributed by atoms with Gasteiger partial charge in [0.25, 0.3) is 0 Å². The van der Waals surface area contributed by atoms with E-state index in [0.717, 1.165) is 18.0 Å². The van der Waals surface area contributed by atoms with Gasteiger partial charge in [0.2, 0.25) is 11.9 Å². The Morgan fingerprint density at radius 2 is 1.80 bits per heavy atom. The van der Waals surface area contributed by atoms with Crippen LogP contribution in [0.25, 0.3) is 0 Å². The van der Waals surface area contributed by atoms with Crippen molar-refractivity contribution in [2.75, 3.05) is 23.7 Å². The van der Waals surface area contributed by atoms with E-state index in [2.05, 4.69) is 52.8 Å². The van der Waals surface area contributed by atoms with Gasteiger partial charge in [0.1, 0.15) is 0 Å². The summed E-state index contributed by atoms with van der Waals surface area (Å²) in [6, 6.07) is 8.14. The maximum Gasteiger partial charge on any atom is 0.231 e. The summed E-state index contributed by atoms with van der Waals surface area (Å²) in [6.45, 7) is 7.89. The van der Waals surface area contributed by atoms with Gasteiger partial charge in [-0.2, -0.15) is 15.0 Å². The smallest absolute Gasteiger partial charge is 0.231 e. The Bertz CT molecular complexity index is 584. The lowest BCUT2D eigenvalue weighted by molar-refractivity contribution is 0.786. The molecule has 0 bridgehead atoms. The van der Waals surface area contributed by atoms with Gasteiger partial charge in [0.05, 0.1) is 0 Å². The van der Waals surface area contributed by atoms with Gasteiger partial charge in [-0.3, -0.25) is 0 Å². The van der Waals surface area contributed by atoms with Crippen LogP contribution in [-0.2, 0) is 0 Å². The van der Waals surface area contributed by atoms with E-state index in [1.165, 1.54) is 17.3 Å². The van der Waals surface area contributed by atoms with Crippen LogP contribution in [0.4, 0.5) is 11.9 Å². The molecule has 5 nitrogen and oxygen atoms in total. The first-order chi connectivity index (χ1) is 9.63. The third kappa shape index (κ3) is 3.39. The zero-order chi connectivity index (χ0) is 14.5. The highest BCUT2D eigenvalue weighted by molar-refractivity contribution is 7.99. The van der Waals surface area contributed by atoms with Crippen molar-refractivity contribution >= 4 is 23.7 Å². The molecule has 0 unspecified atom stereocenters. The molecule has 0 aliphatic carbocycles. The molecule has 1 aromatic carbocycles. The highest BCUT2D eigenvalue weighted by Crippen LogP contribution is 2.28. The molecule has 0 spiro atoms. The minimum Gasteiger partial charge on any atom is -0.368 e. The number of nitrogens with two attached hydrogens (primary N) is 1. The predicted octanol–water partition coefficient (Wildman–Crippen LogP) is 2.76. The maximum absolute atomic E-state index is 5.80. The standard InChI is InChI=1S/C14H19N5S/c1-4-19(5-2)13-16-12(15)17-14(18-13)20-11-9-7-6-8-10(11)3/h6-9H,4-5H2,1-3H3,(H2,15,16,17,18). The molecule has 0 fully saturated rings. The topological polar surface area (TPSA) is 67.9 Å². The fraction of sp³-hybridized carbons (Fsp3) is 0.357. The molecule has 0 aliphatic rings. The predicted molar refractivity (Wildman–Crippen MR) is 83.1 cm³/mol. The summed E-state index contributed by atoms with van der Waals surface area (Å²) in [7, 11) is 0. The van der Waals surface area contributed by atoms with E-state index in [9.17, 15) is 0 Å². The van der Waals surface area contributed by atoms with Crippen molar-refractivity contribution < 1.29 is 0 Å². The number of hydrogen-bond donors (Lipinski definition) is 1. The van der Waals surface area contributed by atoms with E-state index in [0.29, 0.717) is 11.1 Å². The summed E-state index contributed by atoms with van der Waals surface area (Å²) in [5.41, 5.74) is 6.99. The van der Waals surface area contributed by atoms with Crippen LogP contribution < -0.4 is 10.6 Å². The first-order valence-corrected chi connectivity index (χ1v) is 7.45. The second kappa shape index (κ2) is 6.56. The van der Waals surface area contributed by atoms with Crippen molar-refractivity contribution in [1.82, 2.24) is 15.0 Å². The van der Waals surface area contributed by atoms with E-state index in [1.54, 1.807) is 0 Å². The van der Waals surface area contributed by atoms with Crippen molar-refractivity contribution in [1.29, 1.82) is 0 Å². The van der Waals surface area contributed by atoms with Crippen LogP contribution in [0.3, 0.4) is 0 Å². The van der Waals surface area contributed by atoms with Gasteiger partial charge in [0, 0.05) is 18.0 Å². The molecule has 0 saturated heterocycles. The molecule has 2 rings (SSSR count). The summed E-state index contributed by atoms with van der Waals surface area (Å²) in [5.74, 6) is 0.900. The van der Waals surface area contributed by atoms with Crippen LogP contribution in [0, 0.1) is 6.92 Å². The van der Waals surface area contributed by atoms with Gasteiger partial charge < -0.3 is 10.6 Å². The number of nitrogens with zero attached hydrogens (tertiary/aromatic N) is 4. The number of aromatic nitrogens is 3. The fourth-order valence-electron chi connectivity index (χ4n) is 1.82. The molecule has 0 aliphatic heterocycles. The van der Waals surface area contributed by atoms with E-state index in [4.69, 9.17) is 5.73 Å². The Morgan fingerprint density at radius 1 is 1.10 bits per heavy atom. The molecule has 0 saturated carbocycles. The Morgan fingerprint density at radius 3 is 2.45 bits per heavy atom. The number of benzene rings is 1. The van der Waals surface area contributed by atoms with E-state index in [-0.39, 0.29) is 5.95 Å². The Labute approximate surface area is 123 Å². The summed E-state index contributed by atoms with van der Waals surface area (Å²) in [6.07, 6.45) is 0. The van der Waals surface area contributed by atoms with Crippen LogP contribution in [0.2, 0.25) is 0 Å². The monoisotopic (exact) mass is 289 g/mol. The highest BCUT2D eigenvalue weighted by Gasteiger charge is 2.11. The van der Waals surface area contributed by atoms with Gasteiger partial charge in [-0.25, -0.2) is 0 Å². The largest absolute Gasteiger partial charge is 0.368 e. The second-order valence-corrected chi connectivity index (χ2v) is 5.33. The first kappa shape index (κ1) is 14.6. The number of rotatable bonds is 5. The third-order valence-corrected chi connectivity index (χ3v) is 4.00. The van der Waals surface area contributed by atoms with Gasteiger partial charge in [-0.05, 0) is 44.2 Å². The van der Waals surface area contributed by atoms with Crippen molar-refractivity contribution in [3.63, 3.8) is 0 Å². The van der Waals surface area contributed by atoms with Crippen molar-refractivity contribution in [3.05, 3.63) is 29.8 Å². The Hall–Kier alpha value is -1.82. The summed E-state index contributed by atoms with van der Waals surface area (Å²) >= 11 is 1.51. The fourth-order valence-corrected chi connectivity index (χ4v) is 2.66. The molecule has 1 aromatic heterocycles. The zero-order valence-corrected chi connectivity index (χ0v) is 12.8. The van der Waals surface area contributed by atoms with Crippen LogP contribution in [0.15, 0.2) is 34.3 Å². The molecular weight excluding hydrogens is 270 g/mol. The van der Waals surface area contributed by atoms with Crippen LogP contribution in [0.5, 0.6) is 0 Å².